The van der Waals surface area contributed by atoms with E-state index in [0.717, 1.165) is 19.6 Å². The highest BCUT2D eigenvalue weighted by molar-refractivity contribution is 6.11. The summed E-state index contributed by atoms with van der Waals surface area (Å²) < 4.78 is 6.03. The van der Waals surface area contributed by atoms with Crippen LogP contribution in [0.4, 0.5) is 0 Å². The van der Waals surface area contributed by atoms with Gasteiger partial charge in [0.15, 0.2) is 0 Å². The van der Waals surface area contributed by atoms with Crippen molar-refractivity contribution in [3.05, 3.63) is 11.6 Å². The van der Waals surface area contributed by atoms with Crippen LogP contribution in [0.5, 0.6) is 0 Å². The molecule has 0 bridgehead atoms. The second kappa shape index (κ2) is 5.37. The molecule has 0 N–H and O–H groups in total. The van der Waals surface area contributed by atoms with Crippen LogP contribution in [-0.4, -0.2) is 44.5 Å². The van der Waals surface area contributed by atoms with Crippen molar-refractivity contribution in [2.24, 2.45) is 5.41 Å². The van der Waals surface area contributed by atoms with Gasteiger partial charge in [-0.15, -0.1) is 0 Å². The molecule has 2 atom stereocenters. The van der Waals surface area contributed by atoms with Crippen molar-refractivity contribution in [1.29, 1.82) is 0 Å². The van der Waals surface area contributed by atoms with Gasteiger partial charge in [-0.05, 0) is 19.3 Å². The number of hydrogen-bond acceptors (Lipinski definition) is 2. The van der Waals surface area contributed by atoms with Gasteiger partial charge in [-0.2, -0.15) is 0 Å². The maximum atomic E-state index is 6.03. The molecule has 1 aliphatic rings. The van der Waals surface area contributed by atoms with E-state index in [1.54, 1.807) is 0 Å². The molecule has 2 nitrogen and oxygen atoms in total. The van der Waals surface area contributed by atoms with Crippen molar-refractivity contribution in [2.75, 3.05) is 19.6 Å². The summed E-state index contributed by atoms with van der Waals surface area (Å²) in [5.41, 5.74) is 1.63. The molecule has 0 spiro atoms. The van der Waals surface area contributed by atoms with E-state index in [2.05, 4.69) is 53.4 Å². The van der Waals surface area contributed by atoms with Crippen LogP contribution in [0.1, 0.15) is 34.6 Å². The molecule has 1 aliphatic heterocycles. The predicted octanol–water partition coefficient (Wildman–Crippen LogP) is 1.66. The minimum Gasteiger partial charge on any atom is -0.381 e. The Hall–Kier alpha value is -0.275. The lowest BCUT2D eigenvalue weighted by molar-refractivity contribution is -0.0942. The summed E-state index contributed by atoms with van der Waals surface area (Å²) in [5, 5.41) is 0. The third kappa shape index (κ3) is 4.30. The zero-order valence-electron chi connectivity index (χ0n) is 11.7. The van der Waals surface area contributed by atoms with E-state index in [4.69, 9.17) is 4.74 Å². The van der Waals surface area contributed by atoms with Gasteiger partial charge in [0, 0.05) is 25.6 Å². The molecule has 0 saturated carbocycles. The van der Waals surface area contributed by atoms with Crippen molar-refractivity contribution < 1.29 is 4.74 Å². The Kier molecular flexibility index (Phi) is 4.63. The van der Waals surface area contributed by atoms with Gasteiger partial charge in [-0.3, -0.25) is 4.90 Å². The lowest BCUT2D eigenvalue weighted by atomic mass is 9.85. The number of rotatable bonds is 2. The van der Waals surface area contributed by atoms with E-state index in [-0.39, 0.29) is 5.41 Å². The van der Waals surface area contributed by atoms with Crippen LogP contribution in [-0.2, 0) is 4.74 Å². The first kappa shape index (κ1) is 13.8. The van der Waals surface area contributed by atoms with Crippen molar-refractivity contribution in [3.8, 4) is 0 Å². The smallest absolute Gasteiger partial charge is 0.140 e. The van der Waals surface area contributed by atoms with E-state index in [1.165, 1.54) is 5.57 Å². The Labute approximate surface area is 101 Å². The molecule has 0 aromatic rings. The summed E-state index contributed by atoms with van der Waals surface area (Å²) in [5.74, 6) is 0. The van der Waals surface area contributed by atoms with E-state index in [1.807, 2.05) is 0 Å². The SMILES string of the molecule is BC1CN(CC=C(C)C)CC(C(C)(C)C)O1. The zero-order valence-corrected chi connectivity index (χ0v) is 11.7. The molecule has 1 rings (SSSR count). The maximum absolute atomic E-state index is 6.03. The van der Waals surface area contributed by atoms with Gasteiger partial charge in [-0.25, -0.2) is 0 Å². The summed E-state index contributed by atoms with van der Waals surface area (Å²) in [6.07, 6.45) is 2.65. The van der Waals surface area contributed by atoms with Crippen LogP contribution in [0.3, 0.4) is 0 Å². The minimum atomic E-state index is 0.234. The van der Waals surface area contributed by atoms with Crippen LogP contribution in [0, 0.1) is 5.41 Å². The molecule has 92 valence electrons. The van der Waals surface area contributed by atoms with E-state index < -0.39 is 0 Å². The molecule has 0 aromatic carbocycles. The van der Waals surface area contributed by atoms with Gasteiger partial charge < -0.3 is 4.74 Å². The first-order chi connectivity index (χ1) is 7.29. The predicted molar refractivity (Wildman–Crippen MR) is 72.5 cm³/mol. The monoisotopic (exact) mass is 223 g/mol. The van der Waals surface area contributed by atoms with Crippen molar-refractivity contribution in [1.82, 2.24) is 4.90 Å². The Morgan fingerprint density at radius 1 is 1.38 bits per heavy atom. The third-order valence-corrected chi connectivity index (χ3v) is 3.06. The van der Waals surface area contributed by atoms with E-state index >= 15 is 0 Å². The highest BCUT2D eigenvalue weighted by Crippen LogP contribution is 2.26. The minimum absolute atomic E-state index is 0.234. The molecule has 0 aromatic heterocycles. The molecule has 1 fully saturated rings. The fourth-order valence-corrected chi connectivity index (χ4v) is 1.98. The standard InChI is InChI=1S/C13H26BNO/c1-10(2)6-7-15-8-11(13(3,4)5)16-12(14)9-15/h6,11-12H,7-9,14H2,1-5H3. The van der Waals surface area contributed by atoms with Crippen molar-refractivity contribution in [2.45, 2.75) is 46.7 Å². The van der Waals surface area contributed by atoms with Gasteiger partial charge in [-0.1, -0.05) is 32.4 Å². The number of allylic oxidation sites excluding steroid dienone is 1. The number of hydrogen-bond donors (Lipinski definition) is 0. The van der Waals surface area contributed by atoms with Gasteiger partial charge in [0.1, 0.15) is 7.85 Å². The fraction of sp³-hybridized carbons (Fsp3) is 0.846. The van der Waals surface area contributed by atoms with Gasteiger partial charge >= 0.3 is 0 Å². The zero-order chi connectivity index (χ0) is 12.3. The maximum Gasteiger partial charge on any atom is 0.140 e. The van der Waals surface area contributed by atoms with Crippen molar-refractivity contribution >= 4 is 7.85 Å². The highest BCUT2D eigenvalue weighted by atomic mass is 16.5. The topological polar surface area (TPSA) is 12.5 Å². The Bertz CT molecular complexity index is 253. The second-order valence-corrected chi connectivity index (χ2v) is 6.30. The first-order valence-corrected chi connectivity index (χ1v) is 6.30. The number of morpholine rings is 1. The number of ether oxygens (including phenoxy) is 1. The van der Waals surface area contributed by atoms with Crippen LogP contribution in [0.15, 0.2) is 11.6 Å². The van der Waals surface area contributed by atoms with E-state index in [9.17, 15) is 0 Å². The average Bonchev–Trinajstić information content (AvgIpc) is 2.12. The third-order valence-electron chi connectivity index (χ3n) is 3.06. The molecular formula is C13H26BNO. The summed E-state index contributed by atoms with van der Waals surface area (Å²) in [4.78, 5) is 2.50. The fourth-order valence-electron chi connectivity index (χ4n) is 1.98. The molecule has 16 heavy (non-hydrogen) atoms. The molecule has 1 saturated heterocycles. The van der Waals surface area contributed by atoms with Crippen molar-refractivity contribution in [3.63, 3.8) is 0 Å². The summed E-state index contributed by atoms with van der Waals surface area (Å²) in [7, 11) is 2.17. The molecule has 2 unspecified atom stereocenters. The van der Waals surface area contributed by atoms with Crippen LogP contribution in [0.2, 0.25) is 0 Å². The van der Waals surface area contributed by atoms with Gasteiger partial charge in [0.2, 0.25) is 0 Å². The van der Waals surface area contributed by atoms with Crippen LogP contribution >= 0.6 is 0 Å². The molecule has 0 amide bonds. The second-order valence-electron chi connectivity index (χ2n) is 6.30. The normalized spacial score (nSPS) is 27.8. The molecule has 3 heteroatoms. The summed E-state index contributed by atoms with van der Waals surface area (Å²) in [6, 6.07) is 0.350. The molecule has 1 heterocycles. The molecular weight excluding hydrogens is 197 g/mol. The lowest BCUT2D eigenvalue weighted by Gasteiger charge is -2.42. The van der Waals surface area contributed by atoms with Gasteiger partial charge in [0.25, 0.3) is 0 Å². The number of nitrogens with zero attached hydrogens (tertiary/aromatic N) is 1. The van der Waals surface area contributed by atoms with Crippen LogP contribution < -0.4 is 0 Å². The summed E-state index contributed by atoms with van der Waals surface area (Å²) >= 11 is 0. The Morgan fingerprint density at radius 2 is 2.00 bits per heavy atom. The quantitative estimate of drug-likeness (QED) is 0.521. The van der Waals surface area contributed by atoms with E-state index in [0.29, 0.717) is 12.1 Å². The molecule has 0 aliphatic carbocycles. The first-order valence-electron chi connectivity index (χ1n) is 6.30. The largest absolute Gasteiger partial charge is 0.381 e. The average molecular weight is 223 g/mol. The summed E-state index contributed by atoms with van der Waals surface area (Å²) in [6.45, 7) is 14.3. The molecule has 0 radical (unpaired) electrons. The van der Waals surface area contributed by atoms with Gasteiger partial charge in [0.05, 0.1) is 6.10 Å². The Morgan fingerprint density at radius 3 is 2.50 bits per heavy atom. The highest BCUT2D eigenvalue weighted by Gasteiger charge is 2.32. The lowest BCUT2D eigenvalue weighted by Crippen LogP contribution is -2.52. The Balaban J connectivity index is 2.58. The van der Waals surface area contributed by atoms with Crippen LogP contribution in [0.25, 0.3) is 0 Å².